The lowest BCUT2D eigenvalue weighted by molar-refractivity contribution is -0.404. The van der Waals surface area contributed by atoms with Crippen LogP contribution in [0.25, 0.3) is 0 Å². The molecule has 14 heteroatoms. The molecule has 0 unspecified atom stereocenters. The molecule has 2 rings (SSSR count). The lowest BCUT2D eigenvalue weighted by Crippen LogP contribution is -2.02. The predicted molar refractivity (Wildman–Crippen MR) is 84.0 cm³/mol. The summed E-state index contributed by atoms with van der Waals surface area (Å²) in [4.78, 5) is 39.9. The van der Waals surface area contributed by atoms with Gasteiger partial charge in [-0.25, -0.2) is 0 Å². The van der Waals surface area contributed by atoms with Crippen LogP contribution >= 0.6 is 0 Å². The maximum Gasteiger partial charge on any atom is 0.325 e. The molecule has 134 valence electrons. The maximum absolute atomic E-state index is 11.2. The topological polar surface area (TPSA) is 208 Å². The highest BCUT2D eigenvalue weighted by Gasteiger charge is 2.33. The summed E-state index contributed by atoms with van der Waals surface area (Å²) in [7, 11) is 0. The number of non-ortho nitro benzene ring substituents is 2. The molecule has 0 fully saturated rings. The first-order valence-electron chi connectivity index (χ1n) is 6.44. The Balaban J connectivity index is 2.71. The van der Waals surface area contributed by atoms with Crippen molar-refractivity contribution in [3.63, 3.8) is 0 Å². The normalized spacial score (nSPS) is 10.2. The fourth-order valence-corrected chi connectivity index (χ4v) is 1.90. The zero-order valence-corrected chi connectivity index (χ0v) is 12.4. The SMILES string of the molecule is Nc1ccc([N+](=O)[O-])cc1Oc1c([N+](=O)[O-])cc([N+](=O)[O-])cc1[N+](=O)[O-]. The average Bonchev–Trinajstić information content (AvgIpc) is 2.55. The largest absolute Gasteiger partial charge is 0.442 e. The molecule has 14 nitrogen and oxygen atoms in total. The van der Waals surface area contributed by atoms with Crippen LogP contribution in [0.4, 0.5) is 28.4 Å². The van der Waals surface area contributed by atoms with Gasteiger partial charge in [0.15, 0.2) is 5.75 Å². The van der Waals surface area contributed by atoms with E-state index in [4.69, 9.17) is 10.5 Å². The average molecular weight is 365 g/mol. The summed E-state index contributed by atoms with van der Waals surface area (Å²) in [6, 6.07) is 3.84. The first kappa shape index (κ1) is 18.0. The number of nitro groups is 4. The van der Waals surface area contributed by atoms with E-state index >= 15 is 0 Å². The van der Waals surface area contributed by atoms with Gasteiger partial charge in [-0.1, -0.05) is 0 Å². The highest BCUT2D eigenvalue weighted by Crippen LogP contribution is 2.44. The molecule has 0 bridgehead atoms. The van der Waals surface area contributed by atoms with Crippen molar-refractivity contribution < 1.29 is 24.4 Å². The van der Waals surface area contributed by atoms with Gasteiger partial charge in [-0.15, -0.1) is 0 Å². The second-order valence-corrected chi connectivity index (χ2v) is 4.67. The van der Waals surface area contributed by atoms with Crippen LogP contribution in [0.2, 0.25) is 0 Å². The number of hydrogen-bond donors (Lipinski definition) is 1. The highest BCUT2D eigenvalue weighted by molar-refractivity contribution is 5.68. The van der Waals surface area contributed by atoms with Crippen LogP contribution < -0.4 is 10.5 Å². The van der Waals surface area contributed by atoms with Crippen molar-refractivity contribution in [1.82, 2.24) is 0 Å². The summed E-state index contributed by atoms with van der Waals surface area (Å²) in [5, 5.41) is 43.9. The molecule has 2 N–H and O–H groups in total. The van der Waals surface area contributed by atoms with Gasteiger partial charge in [0.1, 0.15) is 0 Å². The Morgan fingerprint density at radius 3 is 1.65 bits per heavy atom. The smallest absolute Gasteiger partial charge is 0.325 e. The second kappa shape index (κ2) is 6.63. The number of nitrogens with zero attached hydrogens (tertiary/aromatic N) is 4. The molecular formula is C12H7N5O9. The lowest BCUT2D eigenvalue weighted by Gasteiger charge is -2.09. The molecule has 0 amide bonds. The molecule has 0 spiro atoms. The van der Waals surface area contributed by atoms with Gasteiger partial charge in [0.2, 0.25) is 0 Å². The fourth-order valence-electron chi connectivity index (χ4n) is 1.90. The van der Waals surface area contributed by atoms with E-state index in [-0.39, 0.29) is 5.69 Å². The summed E-state index contributed by atoms with van der Waals surface area (Å²) >= 11 is 0. The summed E-state index contributed by atoms with van der Waals surface area (Å²) in [5.41, 5.74) is 1.85. The first-order chi connectivity index (χ1) is 12.1. The van der Waals surface area contributed by atoms with Crippen LogP contribution in [0, 0.1) is 40.5 Å². The minimum atomic E-state index is -1.12. The number of anilines is 1. The zero-order valence-electron chi connectivity index (χ0n) is 12.4. The molecule has 0 heterocycles. The van der Waals surface area contributed by atoms with Crippen LogP contribution in [-0.2, 0) is 0 Å². The Hall–Kier alpha value is -4.36. The lowest BCUT2D eigenvalue weighted by atomic mass is 10.2. The van der Waals surface area contributed by atoms with Crippen molar-refractivity contribution in [2.75, 3.05) is 5.73 Å². The molecular weight excluding hydrogens is 358 g/mol. The molecule has 0 saturated carbocycles. The first-order valence-corrected chi connectivity index (χ1v) is 6.44. The Bertz CT molecular complexity index is 923. The van der Waals surface area contributed by atoms with Gasteiger partial charge in [0.05, 0.1) is 43.6 Å². The van der Waals surface area contributed by atoms with Crippen LogP contribution in [0.1, 0.15) is 0 Å². The number of ether oxygens (including phenoxy) is 1. The molecule has 26 heavy (non-hydrogen) atoms. The minimum absolute atomic E-state index is 0.197. The quantitative estimate of drug-likeness (QED) is 0.449. The Morgan fingerprint density at radius 1 is 0.731 bits per heavy atom. The number of nitrogen functional groups attached to an aromatic ring is 1. The molecule has 0 saturated heterocycles. The van der Waals surface area contributed by atoms with Gasteiger partial charge in [-0.3, -0.25) is 40.5 Å². The molecule has 0 aromatic heterocycles. The van der Waals surface area contributed by atoms with Crippen LogP contribution in [0.3, 0.4) is 0 Å². The molecule has 0 aliphatic carbocycles. The molecule has 0 aliphatic heterocycles. The van der Waals surface area contributed by atoms with Gasteiger partial charge in [-0.2, -0.15) is 0 Å². The monoisotopic (exact) mass is 365 g/mol. The van der Waals surface area contributed by atoms with E-state index in [1.54, 1.807) is 0 Å². The molecule has 0 radical (unpaired) electrons. The molecule has 0 atom stereocenters. The van der Waals surface area contributed by atoms with Crippen LogP contribution in [0.15, 0.2) is 30.3 Å². The van der Waals surface area contributed by atoms with Gasteiger partial charge >= 0.3 is 11.4 Å². The van der Waals surface area contributed by atoms with Gasteiger partial charge < -0.3 is 10.5 Å². The Morgan fingerprint density at radius 2 is 1.23 bits per heavy atom. The van der Waals surface area contributed by atoms with Gasteiger partial charge in [0.25, 0.3) is 17.1 Å². The van der Waals surface area contributed by atoms with Gasteiger partial charge in [-0.05, 0) is 6.07 Å². The summed E-state index contributed by atoms with van der Waals surface area (Å²) in [6.07, 6.45) is 0. The van der Waals surface area contributed by atoms with Crippen LogP contribution in [0.5, 0.6) is 11.5 Å². The summed E-state index contributed by atoms with van der Waals surface area (Å²) in [6.45, 7) is 0. The Labute approximate surface area is 142 Å². The summed E-state index contributed by atoms with van der Waals surface area (Å²) in [5.74, 6) is -1.41. The van der Waals surface area contributed by atoms with Crippen molar-refractivity contribution in [3.05, 3.63) is 70.8 Å². The van der Waals surface area contributed by atoms with E-state index in [0.29, 0.717) is 12.1 Å². The molecule has 0 aliphatic rings. The third-order valence-corrected chi connectivity index (χ3v) is 3.06. The van der Waals surface area contributed by atoms with Crippen LogP contribution in [-0.4, -0.2) is 19.7 Å². The predicted octanol–water partition coefficient (Wildman–Crippen LogP) is 2.69. The van der Waals surface area contributed by atoms with E-state index < -0.39 is 53.9 Å². The molecule has 2 aromatic carbocycles. The fraction of sp³-hybridized carbons (Fsp3) is 0. The third-order valence-electron chi connectivity index (χ3n) is 3.06. The Kier molecular flexibility index (Phi) is 4.59. The highest BCUT2D eigenvalue weighted by atomic mass is 16.6. The van der Waals surface area contributed by atoms with Gasteiger partial charge in [0, 0.05) is 6.07 Å². The number of benzene rings is 2. The number of hydrogen-bond acceptors (Lipinski definition) is 10. The van der Waals surface area contributed by atoms with E-state index in [1.807, 2.05) is 0 Å². The minimum Gasteiger partial charge on any atom is -0.442 e. The molecule has 2 aromatic rings. The number of nitro benzene ring substituents is 4. The second-order valence-electron chi connectivity index (χ2n) is 4.67. The van der Waals surface area contributed by atoms with E-state index in [2.05, 4.69) is 0 Å². The maximum atomic E-state index is 11.2. The van der Waals surface area contributed by atoms with Crippen molar-refractivity contribution in [2.45, 2.75) is 0 Å². The van der Waals surface area contributed by atoms with Crippen molar-refractivity contribution in [1.29, 1.82) is 0 Å². The third kappa shape index (κ3) is 3.42. The van der Waals surface area contributed by atoms with Crippen molar-refractivity contribution in [3.8, 4) is 11.5 Å². The number of nitrogens with two attached hydrogens (primary N) is 1. The van der Waals surface area contributed by atoms with E-state index in [0.717, 1.165) is 18.2 Å². The van der Waals surface area contributed by atoms with E-state index in [9.17, 15) is 40.5 Å². The van der Waals surface area contributed by atoms with E-state index in [1.165, 1.54) is 0 Å². The van der Waals surface area contributed by atoms with Crippen molar-refractivity contribution >= 4 is 28.4 Å². The summed E-state index contributed by atoms with van der Waals surface area (Å²) < 4.78 is 5.08. The van der Waals surface area contributed by atoms with Crippen molar-refractivity contribution in [2.24, 2.45) is 0 Å². The number of rotatable bonds is 6. The standard InChI is InChI=1S/C12H7N5O9/c13-8-2-1-6(14(18)19)5-11(8)26-12-9(16(22)23)3-7(15(20)21)4-10(12)17(24)25/h1-5H,13H2. The zero-order chi connectivity index (χ0) is 19.6.